The minimum atomic E-state index is -0.458. The molecule has 7 heteroatoms. The summed E-state index contributed by atoms with van der Waals surface area (Å²) in [5.41, 5.74) is 2.07. The fourth-order valence-corrected chi connectivity index (χ4v) is 2.68. The topological polar surface area (TPSA) is 70.4 Å². The van der Waals surface area contributed by atoms with E-state index in [0.29, 0.717) is 18.9 Å². The van der Waals surface area contributed by atoms with Gasteiger partial charge in [0.1, 0.15) is 5.75 Å². The monoisotopic (exact) mass is 348 g/mol. The molecule has 2 rings (SSSR count). The number of benzene rings is 1. The zero-order valence-corrected chi connectivity index (χ0v) is 14.8. The van der Waals surface area contributed by atoms with E-state index >= 15 is 0 Å². The minimum absolute atomic E-state index is 0.0184. The zero-order valence-electron chi connectivity index (χ0n) is 13.9. The summed E-state index contributed by atoms with van der Waals surface area (Å²) in [6.07, 6.45) is 0. The van der Waals surface area contributed by atoms with Gasteiger partial charge in [0.2, 0.25) is 0 Å². The summed E-state index contributed by atoms with van der Waals surface area (Å²) in [5.74, 6) is 0.775. The second kappa shape index (κ2) is 8.54. The van der Waals surface area contributed by atoms with Crippen molar-refractivity contribution in [2.75, 3.05) is 13.7 Å². The molecule has 0 amide bonds. The Bertz CT molecular complexity index is 710. The molecule has 0 aliphatic heterocycles. The lowest BCUT2D eigenvalue weighted by Gasteiger charge is -2.07. The molecule has 0 aliphatic rings. The van der Waals surface area contributed by atoms with Crippen LogP contribution >= 0.6 is 11.8 Å². The van der Waals surface area contributed by atoms with E-state index in [4.69, 9.17) is 9.47 Å². The van der Waals surface area contributed by atoms with E-state index < -0.39 is 5.97 Å². The van der Waals surface area contributed by atoms with Crippen LogP contribution in [0, 0.1) is 0 Å². The van der Waals surface area contributed by atoms with Gasteiger partial charge in [-0.2, -0.15) is 5.10 Å². The smallest absolute Gasteiger partial charge is 0.358 e. The third-order valence-corrected chi connectivity index (χ3v) is 4.11. The van der Waals surface area contributed by atoms with E-state index in [0.717, 1.165) is 17.0 Å². The van der Waals surface area contributed by atoms with Gasteiger partial charge in [-0.1, -0.05) is 23.9 Å². The molecule has 6 nitrogen and oxygen atoms in total. The van der Waals surface area contributed by atoms with Gasteiger partial charge < -0.3 is 9.47 Å². The average Bonchev–Trinajstić information content (AvgIpc) is 2.97. The Labute approximate surface area is 145 Å². The predicted molar refractivity (Wildman–Crippen MR) is 92.3 cm³/mol. The van der Waals surface area contributed by atoms with Gasteiger partial charge in [-0.15, -0.1) is 0 Å². The van der Waals surface area contributed by atoms with E-state index in [1.54, 1.807) is 24.8 Å². The summed E-state index contributed by atoms with van der Waals surface area (Å²) < 4.78 is 11.9. The maximum atomic E-state index is 11.9. The molecule has 1 aromatic carbocycles. The molecule has 0 aliphatic carbocycles. The highest BCUT2D eigenvalue weighted by molar-refractivity contribution is 8.12. The van der Waals surface area contributed by atoms with Crippen LogP contribution in [-0.2, 0) is 21.8 Å². The summed E-state index contributed by atoms with van der Waals surface area (Å²) >= 11 is 1.18. The Hall–Kier alpha value is -2.28. The van der Waals surface area contributed by atoms with E-state index in [2.05, 4.69) is 5.10 Å². The number of thioether (sulfide) groups is 1. The van der Waals surface area contributed by atoms with Crippen molar-refractivity contribution in [3.63, 3.8) is 0 Å². The number of ether oxygens (including phenoxy) is 2. The van der Waals surface area contributed by atoms with Crippen LogP contribution in [0.1, 0.15) is 35.6 Å². The first-order valence-electron chi connectivity index (χ1n) is 7.53. The second-order valence-corrected chi connectivity index (χ2v) is 6.18. The van der Waals surface area contributed by atoms with Gasteiger partial charge in [0.25, 0.3) is 0 Å². The molecule has 0 atom stereocenters. The molecule has 0 radical (unpaired) electrons. The lowest BCUT2D eigenvalue weighted by molar-refractivity contribution is -0.109. The maximum Gasteiger partial charge on any atom is 0.358 e. The maximum absolute atomic E-state index is 11.9. The molecule has 0 fully saturated rings. The van der Waals surface area contributed by atoms with Gasteiger partial charge >= 0.3 is 5.97 Å². The average molecular weight is 348 g/mol. The summed E-state index contributed by atoms with van der Waals surface area (Å²) in [6.45, 7) is 4.05. The van der Waals surface area contributed by atoms with Crippen LogP contribution in [0.5, 0.6) is 5.75 Å². The van der Waals surface area contributed by atoms with E-state index in [9.17, 15) is 9.59 Å². The number of carbonyl (C=O) groups is 2. The number of hydrogen-bond acceptors (Lipinski definition) is 6. The first-order valence-corrected chi connectivity index (χ1v) is 8.52. The van der Waals surface area contributed by atoms with Gasteiger partial charge in [0.15, 0.2) is 10.8 Å². The quantitative estimate of drug-likeness (QED) is 0.717. The molecule has 0 saturated carbocycles. The summed E-state index contributed by atoms with van der Waals surface area (Å²) in [5, 5.41) is 4.35. The van der Waals surface area contributed by atoms with Gasteiger partial charge in [-0.25, -0.2) is 4.79 Å². The number of nitrogens with zero attached hydrogens (tertiary/aromatic N) is 2. The molecule has 0 spiro atoms. The van der Waals surface area contributed by atoms with Crippen molar-refractivity contribution in [3.8, 4) is 5.75 Å². The van der Waals surface area contributed by atoms with E-state index in [-0.39, 0.29) is 10.8 Å². The third kappa shape index (κ3) is 4.86. The molecule has 0 N–H and O–H groups in total. The van der Waals surface area contributed by atoms with Crippen molar-refractivity contribution in [2.24, 2.45) is 0 Å². The minimum Gasteiger partial charge on any atom is -0.497 e. The third-order valence-electron chi connectivity index (χ3n) is 3.26. The molecule has 1 heterocycles. The predicted octanol–water partition coefficient (Wildman–Crippen LogP) is 2.90. The zero-order chi connectivity index (χ0) is 17.5. The first kappa shape index (κ1) is 18.1. The van der Waals surface area contributed by atoms with Crippen molar-refractivity contribution in [3.05, 3.63) is 47.3 Å². The number of aromatic nitrogens is 2. The van der Waals surface area contributed by atoms with Gasteiger partial charge in [-0.05, 0) is 30.7 Å². The van der Waals surface area contributed by atoms with Crippen LogP contribution < -0.4 is 4.74 Å². The Balaban J connectivity index is 2.23. The summed E-state index contributed by atoms with van der Waals surface area (Å²) in [7, 11) is 1.62. The number of carbonyl (C=O) groups excluding carboxylic acids is 2. The molecule has 24 heavy (non-hydrogen) atoms. The van der Waals surface area contributed by atoms with Crippen LogP contribution in [0.25, 0.3) is 0 Å². The lowest BCUT2D eigenvalue weighted by Crippen LogP contribution is -2.09. The number of rotatable bonds is 7. The van der Waals surface area contributed by atoms with Crippen molar-refractivity contribution in [1.82, 2.24) is 9.78 Å². The van der Waals surface area contributed by atoms with Crippen LogP contribution in [0.15, 0.2) is 30.3 Å². The largest absolute Gasteiger partial charge is 0.497 e. The molecule has 0 unspecified atom stereocenters. The summed E-state index contributed by atoms with van der Waals surface area (Å²) in [6, 6.07) is 9.29. The number of esters is 1. The Morgan fingerprint density at radius 2 is 1.96 bits per heavy atom. The highest BCUT2D eigenvalue weighted by Crippen LogP contribution is 2.18. The number of hydrogen-bond donors (Lipinski definition) is 0. The Morgan fingerprint density at radius 1 is 1.25 bits per heavy atom. The molecule has 1 aromatic heterocycles. The standard InChI is InChI=1S/C17H20N2O4S/c1-4-23-17(21)16-9-14(11-24-12(2)20)19(18-16)10-13-5-7-15(22-3)8-6-13/h5-9H,4,10-11H2,1-3H3. The summed E-state index contributed by atoms with van der Waals surface area (Å²) in [4.78, 5) is 23.1. The second-order valence-electron chi connectivity index (χ2n) is 5.03. The van der Waals surface area contributed by atoms with Crippen molar-refractivity contribution < 1.29 is 19.1 Å². The van der Waals surface area contributed by atoms with E-state index in [1.807, 2.05) is 24.3 Å². The highest BCUT2D eigenvalue weighted by atomic mass is 32.2. The SMILES string of the molecule is CCOC(=O)c1cc(CSC(C)=O)n(Cc2ccc(OC)cc2)n1. The number of methoxy groups -OCH3 is 1. The van der Waals surface area contributed by atoms with Crippen LogP contribution in [-0.4, -0.2) is 34.6 Å². The fraction of sp³-hybridized carbons (Fsp3) is 0.353. The molecular weight excluding hydrogens is 328 g/mol. The van der Waals surface area contributed by atoms with Crippen molar-refractivity contribution in [2.45, 2.75) is 26.1 Å². The Kier molecular flexibility index (Phi) is 6.43. The molecule has 0 saturated heterocycles. The highest BCUT2D eigenvalue weighted by Gasteiger charge is 2.16. The Morgan fingerprint density at radius 3 is 2.54 bits per heavy atom. The molecule has 0 bridgehead atoms. The van der Waals surface area contributed by atoms with Crippen molar-refractivity contribution >= 4 is 22.8 Å². The van der Waals surface area contributed by atoms with Crippen LogP contribution in [0.3, 0.4) is 0 Å². The van der Waals surface area contributed by atoms with Crippen LogP contribution in [0.2, 0.25) is 0 Å². The molecule has 128 valence electrons. The first-order chi connectivity index (χ1) is 11.5. The lowest BCUT2D eigenvalue weighted by atomic mass is 10.2. The fourth-order valence-electron chi connectivity index (χ4n) is 2.09. The van der Waals surface area contributed by atoms with Gasteiger partial charge in [0, 0.05) is 12.7 Å². The molecule has 2 aromatic rings. The van der Waals surface area contributed by atoms with Gasteiger partial charge in [0.05, 0.1) is 26.0 Å². The van der Waals surface area contributed by atoms with E-state index in [1.165, 1.54) is 18.7 Å². The molecular formula is C17H20N2O4S. The van der Waals surface area contributed by atoms with Crippen molar-refractivity contribution in [1.29, 1.82) is 0 Å². The van der Waals surface area contributed by atoms with Gasteiger partial charge in [-0.3, -0.25) is 9.48 Å². The normalized spacial score (nSPS) is 10.5. The van der Waals surface area contributed by atoms with Crippen LogP contribution in [0.4, 0.5) is 0 Å².